The Morgan fingerprint density at radius 3 is 1.73 bits per heavy atom. The number of esters is 6. The Morgan fingerprint density at radius 2 is 1.14 bits per heavy atom. The van der Waals surface area contributed by atoms with Crippen LogP contribution < -0.4 is 0 Å². The summed E-state index contributed by atoms with van der Waals surface area (Å²) < 4.78 is 52.5. The van der Waals surface area contributed by atoms with Gasteiger partial charge in [0.05, 0.1) is 12.7 Å². The zero-order valence-electron chi connectivity index (χ0n) is 46.4. The molecule has 9 atom stereocenters. The van der Waals surface area contributed by atoms with Crippen LogP contribution in [0.2, 0.25) is 18.1 Å². The van der Waals surface area contributed by atoms with Crippen LogP contribution in [0, 0.1) is 11.8 Å². The van der Waals surface area contributed by atoms with Crippen molar-refractivity contribution in [2.24, 2.45) is 11.8 Å². The number of carbonyl (C=O) groups is 6. The number of rotatable bonds is 40. The number of carbonyl (C=O) groups excluding carboxylic acids is 6. The molecule has 15 nitrogen and oxygen atoms in total. The van der Waals surface area contributed by atoms with Gasteiger partial charge in [-0.15, -0.1) is 0 Å². The second kappa shape index (κ2) is 38.7. The van der Waals surface area contributed by atoms with Crippen molar-refractivity contribution in [3.63, 3.8) is 0 Å². The summed E-state index contributed by atoms with van der Waals surface area (Å²) in [5.74, 6) is -3.21. The van der Waals surface area contributed by atoms with Gasteiger partial charge in [-0.2, -0.15) is 0 Å². The minimum Gasteiger partial charge on any atom is -0.463 e. The lowest BCUT2D eigenvalue weighted by molar-refractivity contribution is -0.311. The van der Waals surface area contributed by atoms with Gasteiger partial charge in [0.1, 0.15) is 19.3 Å². The van der Waals surface area contributed by atoms with E-state index in [1.807, 2.05) is 0 Å². The molecule has 418 valence electrons. The normalized spacial score (nSPS) is 22.3. The molecule has 73 heavy (non-hydrogen) atoms. The topological polar surface area (TPSA) is 185 Å². The van der Waals surface area contributed by atoms with Crippen molar-refractivity contribution in [1.82, 2.24) is 0 Å². The van der Waals surface area contributed by atoms with Crippen molar-refractivity contribution in [2.75, 3.05) is 19.8 Å². The van der Waals surface area contributed by atoms with Gasteiger partial charge in [0.15, 0.2) is 39.0 Å². The first-order valence-electron chi connectivity index (χ1n) is 28.0. The first-order chi connectivity index (χ1) is 35.1. The van der Waals surface area contributed by atoms with Crippen molar-refractivity contribution in [2.45, 2.75) is 258 Å². The zero-order chi connectivity index (χ0) is 53.9. The van der Waals surface area contributed by atoms with Gasteiger partial charge in [-0.05, 0) is 87.8 Å². The summed E-state index contributed by atoms with van der Waals surface area (Å²) in [7, 11) is -1.80. The second-order valence-corrected chi connectivity index (χ2v) is 24.5. The Kier molecular flexibility index (Phi) is 34.6. The molecule has 0 bridgehead atoms. The van der Waals surface area contributed by atoms with E-state index in [1.165, 1.54) is 45.4 Å². The molecular weight excluding hydrogens is 953 g/mol. The van der Waals surface area contributed by atoms with Gasteiger partial charge in [-0.1, -0.05) is 135 Å². The summed E-state index contributed by atoms with van der Waals surface area (Å²) in [6, 6.07) is 3.31. The highest BCUT2D eigenvalue weighted by Crippen LogP contribution is 2.38. The highest BCUT2D eigenvalue weighted by Gasteiger charge is 2.53. The minimum atomic E-state index is -1.80. The molecule has 0 aromatic carbocycles. The molecule has 2 aliphatic rings. The van der Waals surface area contributed by atoms with Crippen LogP contribution in [-0.2, 0) is 71.1 Å². The number of hydrogen-bond acceptors (Lipinski definition) is 15. The molecule has 0 saturated carbocycles. The molecular formula is C57H96O15Si. The van der Waals surface area contributed by atoms with Gasteiger partial charge in [-0.25, -0.2) is 0 Å². The molecule has 1 fully saturated rings. The third-order valence-corrected chi connectivity index (χ3v) is 18.5. The lowest BCUT2D eigenvalue weighted by Crippen LogP contribution is -2.63. The van der Waals surface area contributed by atoms with Crippen molar-refractivity contribution < 1.29 is 71.1 Å². The van der Waals surface area contributed by atoms with E-state index in [0.29, 0.717) is 24.7 Å². The fourth-order valence-electron chi connectivity index (χ4n) is 9.55. The van der Waals surface area contributed by atoms with Gasteiger partial charge in [0.2, 0.25) is 0 Å². The Morgan fingerprint density at radius 1 is 0.575 bits per heavy atom. The summed E-state index contributed by atoms with van der Waals surface area (Å²) in [6.45, 7) is 14.6. The molecule has 2 rings (SSSR count). The predicted octanol–water partition coefficient (Wildman–Crippen LogP) is 12.1. The largest absolute Gasteiger partial charge is 0.463 e. The average molecular weight is 1050 g/mol. The summed E-state index contributed by atoms with van der Waals surface area (Å²) in [5, 5.41) is 0. The SMILES string of the molecule is CC/C=C/C[C@H]1[C@@H](CCCCCC(=O)OC(COC(=O)CCCCCCC/C=C\CCCCCCCC)CO[C@@H]2O[C@H](COC(C)=O)[C@H](OC(C)=O)[C@H](OC(C)=O)[C@H]2OC(C)=O)C=C[C@H]1O[Si](CC)(CC)CC. The molecule has 0 aromatic heterocycles. The van der Waals surface area contributed by atoms with Crippen LogP contribution >= 0.6 is 0 Å². The molecule has 0 amide bonds. The van der Waals surface area contributed by atoms with E-state index >= 15 is 0 Å². The third kappa shape index (κ3) is 27.5. The van der Waals surface area contributed by atoms with E-state index in [4.69, 9.17) is 42.3 Å². The van der Waals surface area contributed by atoms with Crippen LogP contribution in [0.5, 0.6) is 0 Å². The molecule has 1 aliphatic heterocycles. The maximum Gasteiger partial charge on any atom is 0.306 e. The van der Waals surface area contributed by atoms with Gasteiger partial charge in [0, 0.05) is 40.5 Å². The maximum atomic E-state index is 13.5. The van der Waals surface area contributed by atoms with E-state index < -0.39 is 94.2 Å². The molecule has 1 heterocycles. The molecule has 1 aliphatic carbocycles. The van der Waals surface area contributed by atoms with Crippen LogP contribution in [0.15, 0.2) is 36.5 Å². The minimum absolute atomic E-state index is 0.116. The van der Waals surface area contributed by atoms with Crippen molar-refractivity contribution in [3.05, 3.63) is 36.5 Å². The monoisotopic (exact) mass is 1050 g/mol. The first kappa shape index (κ1) is 65.3. The Hall–Kier alpha value is -3.86. The quantitative estimate of drug-likeness (QED) is 0.0185. The fourth-order valence-corrected chi connectivity index (χ4v) is 12.4. The molecule has 1 saturated heterocycles. The van der Waals surface area contributed by atoms with E-state index in [0.717, 1.165) is 110 Å². The fraction of sp³-hybridized carbons (Fsp3) is 0.789. The summed E-state index contributed by atoms with van der Waals surface area (Å²) in [6.07, 6.45) is 26.0. The van der Waals surface area contributed by atoms with Crippen LogP contribution in [0.25, 0.3) is 0 Å². The first-order valence-corrected chi connectivity index (χ1v) is 30.6. The van der Waals surface area contributed by atoms with E-state index in [9.17, 15) is 28.8 Å². The van der Waals surface area contributed by atoms with E-state index in [2.05, 4.69) is 71.1 Å². The van der Waals surface area contributed by atoms with Gasteiger partial charge < -0.3 is 42.3 Å². The Bertz CT molecular complexity index is 1670. The smallest absolute Gasteiger partial charge is 0.306 e. The van der Waals surface area contributed by atoms with Gasteiger partial charge >= 0.3 is 35.8 Å². The third-order valence-electron chi connectivity index (χ3n) is 13.8. The van der Waals surface area contributed by atoms with E-state index in [-0.39, 0.29) is 25.6 Å². The average Bonchev–Trinajstić information content (AvgIpc) is 3.72. The highest BCUT2D eigenvalue weighted by atomic mass is 28.4. The summed E-state index contributed by atoms with van der Waals surface area (Å²) in [5.41, 5.74) is 0. The predicted molar refractivity (Wildman–Crippen MR) is 284 cm³/mol. The molecule has 0 radical (unpaired) electrons. The van der Waals surface area contributed by atoms with E-state index in [1.54, 1.807) is 0 Å². The zero-order valence-corrected chi connectivity index (χ0v) is 47.4. The number of hydrogen-bond donors (Lipinski definition) is 0. The van der Waals surface area contributed by atoms with Crippen LogP contribution in [0.3, 0.4) is 0 Å². The van der Waals surface area contributed by atoms with Gasteiger partial charge in [-0.3, -0.25) is 28.8 Å². The summed E-state index contributed by atoms with van der Waals surface area (Å²) in [4.78, 5) is 75.4. The second-order valence-electron chi connectivity index (χ2n) is 19.8. The lowest BCUT2D eigenvalue weighted by atomic mass is 9.86. The standard InChI is InChI=1S/C57H96O15Si/c1-10-15-17-18-19-20-21-22-23-24-25-26-27-28-32-36-52(62)65-40-48(41-66-57-56(69-46(9)61)55(68-45(8)60)54(67-44(7)59)51(71-57)42-64-43(6)58)70-53(63)37-33-29-31-34-47-38-39-50(49(47)35-30-16-11-2)72-73(12-3,13-4)14-5/h16,22-23,30,38-39,47-51,54-57H,10-15,17-21,24-29,31-37,40-42H2,1-9H3/b23-22-,30-16+/t47-,48?,49-,50+,51+,54-,55-,56+,57+/m0/s1. The van der Waals surface area contributed by atoms with Crippen molar-refractivity contribution >= 4 is 44.1 Å². The van der Waals surface area contributed by atoms with Crippen LogP contribution in [0.1, 0.15) is 197 Å². The lowest BCUT2D eigenvalue weighted by Gasteiger charge is -2.44. The molecule has 1 unspecified atom stereocenters. The molecule has 0 spiro atoms. The van der Waals surface area contributed by atoms with Crippen LogP contribution in [-0.4, -0.2) is 107 Å². The number of ether oxygens (including phenoxy) is 8. The van der Waals surface area contributed by atoms with Gasteiger partial charge in [0.25, 0.3) is 0 Å². The summed E-state index contributed by atoms with van der Waals surface area (Å²) >= 11 is 0. The number of unbranched alkanes of at least 4 members (excludes halogenated alkanes) is 13. The van der Waals surface area contributed by atoms with Crippen LogP contribution in [0.4, 0.5) is 0 Å². The number of allylic oxidation sites excluding steroid dienone is 5. The van der Waals surface area contributed by atoms with Crippen molar-refractivity contribution in [1.29, 1.82) is 0 Å². The molecule has 16 heteroatoms. The Balaban J connectivity index is 2.10. The molecule has 0 aromatic rings. The Labute approximate surface area is 440 Å². The van der Waals surface area contributed by atoms with Crippen molar-refractivity contribution in [3.8, 4) is 0 Å². The molecule has 0 N–H and O–H groups in total. The highest BCUT2D eigenvalue weighted by molar-refractivity contribution is 6.73. The maximum absolute atomic E-state index is 13.5.